The quantitative estimate of drug-likeness (QED) is 0.488. The van der Waals surface area contributed by atoms with Crippen molar-refractivity contribution in [3.05, 3.63) is 81.2 Å². The number of pyridine rings is 1. The SMILES string of the molecule is Cc1ccc(NC(=O)CSc2nc(=O)n(Cc3cccnc3)c3c2CCC3)c(C)c1. The highest BCUT2D eigenvalue weighted by molar-refractivity contribution is 8.00. The van der Waals surface area contributed by atoms with Crippen molar-refractivity contribution in [1.29, 1.82) is 0 Å². The molecule has 2 heterocycles. The van der Waals surface area contributed by atoms with Gasteiger partial charge in [-0.15, -0.1) is 0 Å². The number of carbonyl (C=O) groups is 1. The highest BCUT2D eigenvalue weighted by Gasteiger charge is 2.22. The first-order chi connectivity index (χ1) is 14.5. The summed E-state index contributed by atoms with van der Waals surface area (Å²) in [6.07, 6.45) is 6.23. The number of nitrogens with zero attached hydrogens (tertiary/aromatic N) is 3. The summed E-state index contributed by atoms with van der Waals surface area (Å²) in [4.78, 5) is 33.7. The molecule has 4 rings (SSSR count). The first-order valence-corrected chi connectivity index (χ1v) is 11.0. The molecule has 154 valence electrons. The van der Waals surface area contributed by atoms with Crippen LogP contribution >= 0.6 is 11.8 Å². The lowest BCUT2D eigenvalue weighted by Crippen LogP contribution is -2.28. The van der Waals surface area contributed by atoms with E-state index in [0.717, 1.165) is 52.9 Å². The van der Waals surface area contributed by atoms with Crippen molar-refractivity contribution in [2.24, 2.45) is 0 Å². The van der Waals surface area contributed by atoms with Crippen LogP contribution < -0.4 is 11.0 Å². The van der Waals surface area contributed by atoms with Crippen LogP contribution in [-0.4, -0.2) is 26.2 Å². The van der Waals surface area contributed by atoms with E-state index >= 15 is 0 Å². The molecule has 6 nitrogen and oxygen atoms in total. The van der Waals surface area contributed by atoms with Crippen LogP contribution in [-0.2, 0) is 24.2 Å². The number of amides is 1. The second kappa shape index (κ2) is 8.83. The zero-order valence-corrected chi connectivity index (χ0v) is 18.0. The van der Waals surface area contributed by atoms with Crippen LogP contribution in [0.15, 0.2) is 52.5 Å². The van der Waals surface area contributed by atoms with Gasteiger partial charge in [0.05, 0.1) is 12.3 Å². The smallest absolute Gasteiger partial charge is 0.325 e. The second-order valence-electron chi connectivity index (χ2n) is 7.58. The molecule has 0 fully saturated rings. The summed E-state index contributed by atoms with van der Waals surface area (Å²) in [5.74, 6) is 0.124. The van der Waals surface area contributed by atoms with Gasteiger partial charge in [0.15, 0.2) is 0 Å². The van der Waals surface area contributed by atoms with E-state index in [1.54, 1.807) is 17.0 Å². The summed E-state index contributed by atoms with van der Waals surface area (Å²) in [6, 6.07) is 9.77. The van der Waals surface area contributed by atoms with Gasteiger partial charge >= 0.3 is 5.69 Å². The molecular weight excluding hydrogens is 396 g/mol. The molecule has 0 spiro atoms. The Kier molecular flexibility index (Phi) is 5.99. The Morgan fingerprint density at radius 3 is 2.87 bits per heavy atom. The van der Waals surface area contributed by atoms with Crippen molar-refractivity contribution in [3.8, 4) is 0 Å². The topological polar surface area (TPSA) is 76.9 Å². The molecular formula is C23H24N4O2S. The lowest BCUT2D eigenvalue weighted by atomic mass is 10.1. The molecule has 0 saturated carbocycles. The Morgan fingerprint density at radius 1 is 1.23 bits per heavy atom. The molecule has 30 heavy (non-hydrogen) atoms. The molecule has 0 saturated heterocycles. The number of aromatic nitrogens is 3. The van der Waals surface area contributed by atoms with Gasteiger partial charge in [0.2, 0.25) is 5.91 Å². The standard InChI is InChI=1S/C23H24N4O2S/c1-15-8-9-19(16(2)11-15)25-21(28)14-30-22-18-6-3-7-20(18)27(23(29)26-22)13-17-5-4-10-24-12-17/h4-5,8-12H,3,6-7,13-14H2,1-2H3,(H,25,28). The third-order valence-corrected chi connectivity index (χ3v) is 6.28. The van der Waals surface area contributed by atoms with Crippen LogP contribution in [0.4, 0.5) is 5.69 Å². The number of aryl methyl sites for hydroxylation is 2. The van der Waals surface area contributed by atoms with Crippen molar-refractivity contribution in [1.82, 2.24) is 14.5 Å². The zero-order chi connectivity index (χ0) is 21.1. The molecule has 0 atom stereocenters. The van der Waals surface area contributed by atoms with Gasteiger partial charge < -0.3 is 5.32 Å². The van der Waals surface area contributed by atoms with E-state index in [0.29, 0.717) is 11.6 Å². The van der Waals surface area contributed by atoms with Crippen molar-refractivity contribution < 1.29 is 4.79 Å². The van der Waals surface area contributed by atoms with Crippen LogP contribution in [0.25, 0.3) is 0 Å². The molecule has 1 N–H and O–H groups in total. The van der Waals surface area contributed by atoms with E-state index in [-0.39, 0.29) is 17.3 Å². The van der Waals surface area contributed by atoms with Crippen LogP contribution in [0.2, 0.25) is 0 Å². The summed E-state index contributed by atoms with van der Waals surface area (Å²) in [5.41, 5.74) is 5.85. The normalized spacial score (nSPS) is 12.6. The van der Waals surface area contributed by atoms with E-state index in [1.807, 2.05) is 44.2 Å². The number of thioether (sulfide) groups is 1. The number of benzene rings is 1. The van der Waals surface area contributed by atoms with E-state index in [9.17, 15) is 9.59 Å². The molecule has 7 heteroatoms. The molecule has 0 aliphatic heterocycles. The molecule has 0 bridgehead atoms. The molecule has 1 aromatic carbocycles. The third-order valence-electron chi connectivity index (χ3n) is 5.26. The minimum atomic E-state index is -0.267. The van der Waals surface area contributed by atoms with Crippen LogP contribution in [0.1, 0.15) is 34.4 Å². The minimum Gasteiger partial charge on any atom is -0.325 e. The van der Waals surface area contributed by atoms with Gasteiger partial charge in [-0.2, -0.15) is 4.98 Å². The first kappa shape index (κ1) is 20.3. The summed E-state index contributed by atoms with van der Waals surface area (Å²) < 4.78 is 1.75. The largest absolute Gasteiger partial charge is 0.349 e. The molecule has 1 aliphatic carbocycles. The average molecular weight is 421 g/mol. The Bertz CT molecular complexity index is 1140. The van der Waals surface area contributed by atoms with Gasteiger partial charge in [-0.25, -0.2) is 4.79 Å². The van der Waals surface area contributed by atoms with Gasteiger partial charge in [-0.05, 0) is 56.4 Å². The minimum absolute atomic E-state index is 0.0972. The fourth-order valence-electron chi connectivity index (χ4n) is 3.82. The molecule has 1 amide bonds. The van der Waals surface area contributed by atoms with E-state index in [1.165, 1.54) is 11.8 Å². The monoisotopic (exact) mass is 420 g/mol. The second-order valence-corrected chi connectivity index (χ2v) is 8.55. The molecule has 1 aliphatic rings. The number of hydrogen-bond donors (Lipinski definition) is 1. The van der Waals surface area contributed by atoms with E-state index in [4.69, 9.17) is 0 Å². The highest BCUT2D eigenvalue weighted by Crippen LogP contribution is 2.29. The van der Waals surface area contributed by atoms with Crippen molar-refractivity contribution in [3.63, 3.8) is 0 Å². The van der Waals surface area contributed by atoms with Crippen LogP contribution in [0, 0.1) is 13.8 Å². The number of carbonyl (C=O) groups excluding carboxylic acids is 1. The first-order valence-electron chi connectivity index (χ1n) is 10.0. The molecule has 0 radical (unpaired) electrons. The van der Waals surface area contributed by atoms with Crippen molar-refractivity contribution in [2.75, 3.05) is 11.1 Å². The number of hydrogen-bond acceptors (Lipinski definition) is 5. The van der Waals surface area contributed by atoms with Gasteiger partial charge in [0.25, 0.3) is 0 Å². The maximum Gasteiger partial charge on any atom is 0.349 e. The van der Waals surface area contributed by atoms with E-state index in [2.05, 4.69) is 15.3 Å². The van der Waals surface area contributed by atoms with E-state index < -0.39 is 0 Å². The Balaban J connectivity index is 1.50. The molecule has 2 aromatic heterocycles. The van der Waals surface area contributed by atoms with Crippen molar-refractivity contribution in [2.45, 2.75) is 44.7 Å². The summed E-state index contributed by atoms with van der Waals surface area (Å²) >= 11 is 1.34. The predicted molar refractivity (Wildman–Crippen MR) is 119 cm³/mol. The summed E-state index contributed by atoms with van der Waals surface area (Å²) in [6.45, 7) is 4.48. The number of rotatable bonds is 6. The summed E-state index contributed by atoms with van der Waals surface area (Å²) in [5, 5.41) is 3.64. The molecule has 3 aromatic rings. The van der Waals surface area contributed by atoms with Crippen LogP contribution in [0.5, 0.6) is 0 Å². The number of fused-ring (bicyclic) bond motifs is 1. The number of nitrogens with one attached hydrogen (secondary N) is 1. The fourth-order valence-corrected chi connectivity index (χ4v) is 4.69. The van der Waals surface area contributed by atoms with Gasteiger partial charge in [-0.3, -0.25) is 14.3 Å². The van der Waals surface area contributed by atoms with Gasteiger partial charge in [-0.1, -0.05) is 35.5 Å². The Labute approximate surface area is 179 Å². The third kappa shape index (κ3) is 4.46. The fraction of sp³-hybridized carbons (Fsp3) is 0.304. The maximum atomic E-state index is 12.7. The van der Waals surface area contributed by atoms with Gasteiger partial charge in [0, 0.05) is 29.3 Å². The zero-order valence-electron chi connectivity index (χ0n) is 17.1. The number of anilines is 1. The summed E-state index contributed by atoms with van der Waals surface area (Å²) in [7, 11) is 0. The predicted octanol–water partition coefficient (Wildman–Crippen LogP) is 3.52. The average Bonchev–Trinajstić information content (AvgIpc) is 3.22. The van der Waals surface area contributed by atoms with Gasteiger partial charge in [0.1, 0.15) is 5.03 Å². The lowest BCUT2D eigenvalue weighted by Gasteiger charge is -2.14. The Morgan fingerprint density at radius 2 is 2.10 bits per heavy atom. The van der Waals surface area contributed by atoms with Crippen LogP contribution in [0.3, 0.4) is 0 Å². The van der Waals surface area contributed by atoms with Crippen molar-refractivity contribution >= 4 is 23.4 Å². The maximum absolute atomic E-state index is 12.7. The lowest BCUT2D eigenvalue weighted by molar-refractivity contribution is -0.113. The highest BCUT2D eigenvalue weighted by atomic mass is 32.2. The Hall–Kier alpha value is -2.93. The molecule has 0 unspecified atom stereocenters.